The molecule has 88 valence electrons. The molecule has 17 heavy (non-hydrogen) atoms. The van der Waals surface area contributed by atoms with Crippen LogP contribution in [0.4, 0.5) is 10.3 Å². The van der Waals surface area contributed by atoms with Gasteiger partial charge in [-0.25, -0.2) is 4.98 Å². The van der Waals surface area contributed by atoms with Gasteiger partial charge in [0.15, 0.2) is 0 Å². The highest BCUT2D eigenvalue weighted by Crippen LogP contribution is 2.17. The SMILES string of the molecule is Cc1noc(NC(=O)c2cccc(F)n2)c1C. The summed E-state index contributed by atoms with van der Waals surface area (Å²) in [5.74, 6) is -0.995. The molecule has 2 aromatic heterocycles. The minimum atomic E-state index is -0.705. The minimum Gasteiger partial charge on any atom is -0.338 e. The normalized spacial score (nSPS) is 10.3. The number of nitrogens with zero attached hydrogens (tertiary/aromatic N) is 2. The Morgan fingerprint density at radius 2 is 2.18 bits per heavy atom. The van der Waals surface area contributed by atoms with Crippen LogP contribution >= 0.6 is 0 Å². The molecule has 0 aliphatic heterocycles. The Hall–Kier alpha value is -2.24. The fourth-order valence-corrected chi connectivity index (χ4v) is 1.23. The van der Waals surface area contributed by atoms with Gasteiger partial charge >= 0.3 is 0 Å². The number of hydrogen-bond donors (Lipinski definition) is 1. The van der Waals surface area contributed by atoms with Crippen molar-refractivity contribution in [1.29, 1.82) is 0 Å². The maximum Gasteiger partial charge on any atom is 0.276 e. The molecule has 0 saturated heterocycles. The maximum absolute atomic E-state index is 12.8. The molecule has 2 aromatic rings. The first-order valence-corrected chi connectivity index (χ1v) is 4.94. The van der Waals surface area contributed by atoms with Crippen molar-refractivity contribution in [2.24, 2.45) is 0 Å². The summed E-state index contributed by atoms with van der Waals surface area (Å²) >= 11 is 0. The van der Waals surface area contributed by atoms with Crippen molar-refractivity contribution in [2.45, 2.75) is 13.8 Å². The van der Waals surface area contributed by atoms with E-state index in [0.717, 1.165) is 5.56 Å². The molecule has 5 nitrogen and oxygen atoms in total. The second kappa shape index (κ2) is 4.32. The van der Waals surface area contributed by atoms with Crippen molar-refractivity contribution in [2.75, 3.05) is 5.32 Å². The van der Waals surface area contributed by atoms with Crippen LogP contribution in [0, 0.1) is 19.8 Å². The zero-order valence-corrected chi connectivity index (χ0v) is 9.32. The molecule has 0 bridgehead atoms. The van der Waals surface area contributed by atoms with Crippen molar-refractivity contribution in [1.82, 2.24) is 10.1 Å². The molecule has 2 heterocycles. The van der Waals surface area contributed by atoms with Gasteiger partial charge in [0.25, 0.3) is 5.91 Å². The molecule has 6 heteroatoms. The van der Waals surface area contributed by atoms with Crippen molar-refractivity contribution >= 4 is 11.8 Å². The Labute approximate surface area is 96.6 Å². The smallest absolute Gasteiger partial charge is 0.276 e. The van der Waals surface area contributed by atoms with Gasteiger partial charge in [-0.1, -0.05) is 11.2 Å². The number of aromatic nitrogens is 2. The van der Waals surface area contributed by atoms with Crippen LogP contribution in [0.15, 0.2) is 22.7 Å². The summed E-state index contributed by atoms with van der Waals surface area (Å²) in [6, 6.07) is 3.99. The van der Waals surface area contributed by atoms with Crippen LogP contribution in [0.1, 0.15) is 21.7 Å². The van der Waals surface area contributed by atoms with Crippen LogP contribution in [-0.2, 0) is 0 Å². The van der Waals surface area contributed by atoms with Crippen molar-refractivity contribution in [3.05, 3.63) is 41.1 Å². The van der Waals surface area contributed by atoms with Crippen LogP contribution in [-0.4, -0.2) is 16.0 Å². The van der Waals surface area contributed by atoms with Crippen molar-refractivity contribution < 1.29 is 13.7 Å². The molecule has 2 rings (SSSR count). The van der Waals surface area contributed by atoms with E-state index in [2.05, 4.69) is 15.5 Å². The van der Waals surface area contributed by atoms with Gasteiger partial charge in [-0.2, -0.15) is 4.39 Å². The van der Waals surface area contributed by atoms with Crippen LogP contribution in [0.5, 0.6) is 0 Å². The quantitative estimate of drug-likeness (QED) is 0.809. The first-order chi connectivity index (χ1) is 8.08. The summed E-state index contributed by atoms with van der Waals surface area (Å²) in [6.07, 6.45) is 0. The molecule has 0 saturated carbocycles. The lowest BCUT2D eigenvalue weighted by Gasteiger charge is -2.01. The third kappa shape index (κ3) is 2.30. The summed E-state index contributed by atoms with van der Waals surface area (Å²) in [7, 11) is 0. The van der Waals surface area contributed by atoms with Crippen molar-refractivity contribution in [3.63, 3.8) is 0 Å². The molecule has 1 amide bonds. The van der Waals surface area contributed by atoms with Gasteiger partial charge in [0, 0.05) is 5.56 Å². The fraction of sp³-hybridized carbons (Fsp3) is 0.182. The predicted octanol–water partition coefficient (Wildman–Crippen LogP) is 2.08. The number of aryl methyl sites for hydroxylation is 1. The average Bonchev–Trinajstić information content (AvgIpc) is 2.61. The largest absolute Gasteiger partial charge is 0.338 e. The number of carbonyl (C=O) groups is 1. The van der Waals surface area contributed by atoms with Gasteiger partial charge in [-0.05, 0) is 26.0 Å². The number of nitrogens with one attached hydrogen (secondary N) is 1. The molecule has 0 fully saturated rings. The number of rotatable bonds is 2. The van der Waals surface area contributed by atoms with Crippen LogP contribution in [0.3, 0.4) is 0 Å². The minimum absolute atomic E-state index is 0.0153. The van der Waals surface area contributed by atoms with E-state index >= 15 is 0 Å². The van der Waals surface area contributed by atoms with E-state index in [1.165, 1.54) is 18.2 Å². The maximum atomic E-state index is 12.8. The lowest BCUT2D eigenvalue weighted by Crippen LogP contribution is -2.14. The molecule has 0 aliphatic rings. The molecular formula is C11H10FN3O2. The van der Waals surface area contributed by atoms with E-state index < -0.39 is 11.9 Å². The Morgan fingerprint density at radius 1 is 1.41 bits per heavy atom. The number of pyridine rings is 1. The summed E-state index contributed by atoms with van der Waals surface area (Å²) < 4.78 is 17.7. The first-order valence-electron chi connectivity index (χ1n) is 4.94. The molecule has 0 spiro atoms. The topological polar surface area (TPSA) is 68.0 Å². The lowest BCUT2D eigenvalue weighted by atomic mass is 10.2. The number of anilines is 1. The van der Waals surface area contributed by atoms with E-state index in [9.17, 15) is 9.18 Å². The second-order valence-corrected chi connectivity index (χ2v) is 3.52. The third-order valence-corrected chi connectivity index (χ3v) is 2.33. The highest BCUT2D eigenvalue weighted by molar-refractivity contribution is 6.02. The molecule has 0 aromatic carbocycles. The third-order valence-electron chi connectivity index (χ3n) is 2.33. The van der Waals surface area contributed by atoms with Gasteiger partial charge in [0.2, 0.25) is 11.8 Å². The molecular weight excluding hydrogens is 225 g/mol. The van der Waals surface area contributed by atoms with Crippen LogP contribution < -0.4 is 5.32 Å². The molecule has 0 unspecified atom stereocenters. The van der Waals surface area contributed by atoms with E-state index in [-0.39, 0.29) is 11.6 Å². The van der Waals surface area contributed by atoms with Gasteiger partial charge in [-0.3, -0.25) is 10.1 Å². The Balaban J connectivity index is 2.20. The fourth-order valence-electron chi connectivity index (χ4n) is 1.23. The zero-order valence-electron chi connectivity index (χ0n) is 9.32. The van der Waals surface area contributed by atoms with E-state index in [1.807, 2.05) is 0 Å². The monoisotopic (exact) mass is 235 g/mol. The Kier molecular flexibility index (Phi) is 2.86. The van der Waals surface area contributed by atoms with Crippen LogP contribution in [0.2, 0.25) is 0 Å². The highest BCUT2D eigenvalue weighted by Gasteiger charge is 2.14. The number of halogens is 1. The number of carbonyl (C=O) groups excluding carboxylic acids is 1. The highest BCUT2D eigenvalue weighted by atomic mass is 19.1. The van der Waals surface area contributed by atoms with E-state index in [0.29, 0.717) is 5.69 Å². The Bertz CT molecular complexity index is 566. The van der Waals surface area contributed by atoms with Crippen LogP contribution in [0.25, 0.3) is 0 Å². The molecule has 0 aliphatic carbocycles. The summed E-state index contributed by atoms with van der Waals surface area (Å²) in [4.78, 5) is 15.2. The average molecular weight is 235 g/mol. The van der Waals surface area contributed by atoms with Gasteiger partial charge < -0.3 is 4.52 Å². The zero-order chi connectivity index (χ0) is 12.4. The summed E-state index contributed by atoms with van der Waals surface area (Å²) in [6.45, 7) is 3.52. The molecule has 0 atom stereocenters. The number of amides is 1. The van der Waals surface area contributed by atoms with Gasteiger partial charge in [0.05, 0.1) is 5.69 Å². The van der Waals surface area contributed by atoms with Gasteiger partial charge in [0.1, 0.15) is 5.69 Å². The van der Waals surface area contributed by atoms with E-state index in [1.54, 1.807) is 13.8 Å². The predicted molar refractivity (Wildman–Crippen MR) is 58.1 cm³/mol. The lowest BCUT2D eigenvalue weighted by molar-refractivity contribution is 0.101. The summed E-state index contributed by atoms with van der Waals surface area (Å²) in [5, 5.41) is 6.17. The molecule has 0 radical (unpaired) electrons. The van der Waals surface area contributed by atoms with Gasteiger partial charge in [-0.15, -0.1) is 0 Å². The van der Waals surface area contributed by atoms with Crippen molar-refractivity contribution in [3.8, 4) is 0 Å². The first kappa shape index (κ1) is 11.3. The standard InChI is InChI=1S/C11H10FN3O2/c1-6-7(2)15-17-11(6)14-10(16)8-4-3-5-9(12)13-8/h3-5H,1-2H3,(H,14,16). The second-order valence-electron chi connectivity index (χ2n) is 3.52. The Morgan fingerprint density at radius 3 is 2.76 bits per heavy atom. The molecule has 1 N–H and O–H groups in total. The van der Waals surface area contributed by atoms with E-state index in [4.69, 9.17) is 4.52 Å². The number of hydrogen-bond acceptors (Lipinski definition) is 4. The summed E-state index contributed by atoms with van der Waals surface area (Å²) in [5.41, 5.74) is 1.40.